The van der Waals surface area contributed by atoms with Gasteiger partial charge in [-0.25, -0.2) is 0 Å². The number of nitrogens with zero attached hydrogens (tertiary/aromatic N) is 1. The first kappa shape index (κ1) is 14.8. The summed E-state index contributed by atoms with van der Waals surface area (Å²) in [5.41, 5.74) is 0.173. The highest BCUT2D eigenvalue weighted by atomic mass is 16.2. The Labute approximate surface area is 129 Å². The molecule has 1 atom stereocenters. The maximum absolute atomic E-state index is 12.8. The Kier molecular flexibility index (Phi) is 4.24. The van der Waals surface area contributed by atoms with Crippen molar-refractivity contribution in [2.75, 3.05) is 19.6 Å². The number of hydrogen-bond acceptors (Lipinski definition) is 3. The van der Waals surface area contributed by atoms with Crippen molar-refractivity contribution in [1.29, 1.82) is 0 Å². The molecule has 5 heteroatoms. The third-order valence-corrected chi connectivity index (χ3v) is 4.18. The van der Waals surface area contributed by atoms with E-state index in [-0.39, 0.29) is 17.5 Å². The number of carbonyl (C=O) groups is 1. The zero-order valence-corrected chi connectivity index (χ0v) is 12.8. The lowest BCUT2D eigenvalue weighted by molar-refractivity contribution is 0.0686. The van der Waals surface area contributed by atoms with Gasteiger partial charge in [-0.1, -0.05) is 25.1 Å². The van der Waals surface area contributed by atoms with Crippen LogP contribution in [0.1, 0.15) is 30.3 Å². The predicted molar refractivity (Wildman–Crippen MR) is 87.2 cm³/mol. The maximum atomic E-state index is 12.8. The summed E-state index contributed by atoms with van der Waals surface area (Å²) in [5, 5.41) is 4.71. The summed E-state index contributed by atoms with van der Waals surface area (Å²) in [6, 6.07) is 9.33. The summed E-state index contributed by atoms with van der Waals surface area (Å²) >= 11 is 0. The van der Waals surface area contributed by atoms with Gasteiger partial charge in [-0.15, -0.1) is 0 Å². The quantitative estimate of drug-likeness (QED) is 0.904. The Morgan fingerprint density at radius 1 is 1.36 bits per heavy atom. The minimum atomic E-state index is -0.206. The lowest BCUT2D eigenvalue weighted by atomic mass is 10.1. The number of benzene rings is 1. The molecule has 3 rings (SSSR count). The van der Waals surface area contributed by atoms with E-state index in [0.29, 0.717) is 17.6 Å². The lowest BCUT2D eigenvalue weighted by Crippen LogP contribution is -2.42. The number of pyridine rings is 1. The van der Waals surface area contributed by atoms with Crippen LogP contribution in [0.15, 0.2) is 35.1 Å². The van der Waals surface area contributed by atoms with Crippen LogP contribution in [0.4, 0.5) is 0 Å². The van der Waals surface area contributed by atoms with Crippen LogP contribution in [0.2, 0.25) is 0 Å². The van der Waals surface area contributed by atoms with Gasteiger partial charge in [0.05, 0.1) is 0 Å². The van der Waals surface area contributed by atoms with E-state index in [1.54, 1.807) is 12.1 Å². The van der Waals surface area contributed by atoms with Crippen LogP contribution in [0.5, 0.6) is 0 Å². The molecule has 1 unspecified atom stereocenters. The summed E-state index contributed by atoms with van der Waals surface area (Å²) < 4.78 is 0. The highest BCUT2D eigenvalue weighted by Gasteiger charge is 2.27. The molecule has 0 bridgehead atoms. The molecule has 2 N–H and O–H groups in total. The Hall–Kier alpha value is -2.14. The van der Waals surface area contributed by atoms with E-state index in [1.807, 2.05) is 23.1 Å². The van der Waals surface area contributed by atoms with Gasteiger partial charge in [0, 0.05) is 24.5 Å². The van der Waals surface area contributed by atoms with E-state index >= 15 is 0 Å². The van der Waals surface area contributed by atoms with E-state index in [9.17, 15) is 9.59 Å². The van der Waals surface area contributed by atoms with Gasteiger partial charge in [0.1, 0.15) is 5.69 Å². The van der Waals surface area contributed by atoms with Crippen molar-refractivity contribution in [2.24, 2.45) is 0 Å². The number of hydrogen-bond donors (Lipinski definition) is 2. The maximum Gasteiger partial charge on any atom is 0.270 e. The number of aromatic amines is 1. The average molecular weight is 299 g/mol. The fourth-order valence-corrected chi connectivity index (χ4v) is 3.08. The normalized spacial score (nSPS) is 17.8. The number of carbonyl (C=O) groups excluding carboxylic acids is 1. The number of fused-ring (bicyclic) bond motifs is 1. The fourth-order valence-electron chi connectivity index (χ4n) is 3.08. The summed E-state index contributed by atoms with van der Waals surface area (Å²) in [6.45, 7) is 4.53. The third kappa shape index (κ3) is 2.76. The van der Waals surface area contributed by atoms with Gasteiger partial charge >= 0.3 is 0 Å². The average Bonchev–Trinajstić information content (AvgIpc) is 3.06. The Morgan fingerprint density at radius 2 is 2.18 bits per heavy atom. The van der Waals surface area contributed by atoms with E-state index in [1.165, 1.54) is 0 Å². The van der Waals surface area contributed by atoms with Gasteiger partial charge in [0.2, 0.25) is 0 Å². The minimum Gasteiger partial charge on any atom is -0.333 e. The molecule has 1 saturated heterocycles. The lowest BCUT2D eigenvalue weighted by Gasteiger charge is -2.28. The van der Waals surface area contributed by atoms with Crippen LogP contribution in [0.3, 0.4) is 0 Å². The molecule has 1 aliphatic rings. The summed E-state index contributed by atoms with van der Waals surface area (Å²) in [6.07, 6.45) is 1.86. The molecule has 1 aliphatic heterocycles. The van der Waals surface area contributed by atoms with Crippen LogP contribution in [0, 0.1) is 0 Å². The first-order chi connectivity index (χ1) is 10.7. The Morgan fingerprint density at radius 3 is 2.91 bits per heavy atom. The van der Waals surface area contributed by atoms with Crippen LogP contribution in [-0.2, 0) is 0 Å². The molecule has 2 heterocycles. The van der Waals surface area contributed by atoms with Crippen molar-refractivity contribution in [3.05, 3.63) is 46.4 Å². The summed E-state index contributed by atoms with van der Waals surface area (Å²) in [5.74, 6) is -0.0848. The van der Waals surface area contributed by atoms with E-state index < -0.39 is 0 Å². The van der Waals surface area contributed by atoms with Gasteiger partial charge in [0.15, 0.2) is 0 Å². The van der Waals surface area contributed by atoms with Crippen molar-refractivity contribution in [3.63, 3.8) is 0 Å². The van der Waals surface area contributed by atoms with Crippen LogP contribution >= 0.6 is 0 Å². The monoisotopic (exact) mass is 299 g/mol. The minimum absolute atomic E-state index is 0.0848. The largest absolute Gasteiger partial charge is 0.333 e. The second-order valence-corrected chi connectivity index (χ2v) is 5.74. The fraction of sp³-hybridized carbons (Fsp3) is 0.412. The molecule has 1 fully saturated rings. The predicted octanol–water partition coefficient (Wildman–Crippen LogP) is 1.74. The zero-order chi connectivity index (χ0) is 15.5. The number of amides is 1. The SMILES string of the molecule is CCCN(C(=O)c1cc2ccccc2c(=O)[nH]1)C1CCNC1. The van der Waals surface area contributed by atoms with Crippen molar-refractivity contribution in [3.8, 4) is 0 Å². The second-order valence-electron chi connectivity index (χ2n) is 5.74. The van der Waals surface area contributed by atoms with E-state index in [2.05, 4.69) is 17.2 Å². The molecule has 0 radical (unpaired) electrons. The molecule has 1 amide bonds. The summed E-state index contributed by atoms with van der Waals surface area (Å²) in [7, 11) is 0. The molecule has 0 spiro atoms. The van der Waals surface area contributed by atoms with Crippen molar-refractivity contribution in [2.45, 2.75) is 25.8 Å². The third-order valence-electron chi connectivity index (χ3n) is 4.18. The molecular formula is C17H21N3O2. The highest BCUT2D eigenvalue weighted by Crippen LogP contribution is 2.15. The second kappa shape index (κ2) is 6.32. The van der Waals surface area contributed by atoms with Gasteiger partial charge in [-0.05, 0) is 36.9 Å². The molecule has 1 aromatic carbocycles. The van der Waals surface area contributed by atoms with Gasteiger partial charge in [-0.3, -0.25) is 9.59 Å². The molecule has 116 valence electrons. The van der Waals surface area contributed by atoms with Crippen LogP contribution < -0.4 is 10.9 Å². The van der Waals surface area contributed by atoms with E-state index in [4.69, 9.17) is 0 Å². The first-order valence-corrected chi connectivity index (χ1v) is 7.84. The smallest absolute Gasteiger partial charge is 0.270 e. The number of H-pyrrole nitrogens is 1. The molecule has 0 saturated carbocycles. The van der Waals surface area contributed by atoms with Gasteiger partial charge in [-0.2, -0.15) is 0 Å². The molecule has 2 aromatic rings. The van der Waals surface area contributed by atoms with Crippen LogP contribution in [0.25, 0.3) is 10.8 Å². The zero-order valence-electron chi connectivity index (χ0n) is 12.8. The van der Waals surface area contributed by atoms with Gasteiger partial charge < -0.3 is 15.2 Å². The van der Waals surface area contributed by atoms with Crippen molar-refractivity contribution >= 4 is 16.7 Å². The number of nitrogens with one attached hydrogen (secondary N) is 2. The first-order valence-electron chi connectivity index (χ1n) is 7.84. The highest BCUT2D eigenvalue weighted by molar-refractivity contribution is 5.96. The van der Waals surface area contributed by atoms with Crippen LogP contribution in [-0.4, -0.2) is 41.5 Å². The molecular weight excluding hydrogens is 278 g/mol. The molecule has 5 nitrogen and oxygen atoms in total. The molecule has 22 heavy (non-hydrogen) atoms. The standard InChI is InChI=1S/C17H21N3O2/c1-2-9-20(13-7-8-18-11-13)17(22)15-10-12-5-3-4-6-14(12)16(21)19-15/h3-6,10,13,18H,2,7-9,11H2,1H3,(H,19,21). The van der Waals surface area contributed by atoms with Crippen molar-refractivity contribution in [1.82, 2.24) is 15.2 Å². The van der Waals surface area contributed by atoms with E-state index in [0.717, 1.165) is 31.3 Å². The number of aromatic nitrogens is 1. The van der Waals surface area contributed by atoms with Gasteiger partial charge in [0.25, 0.3) is 11.5 Å². The Bertz CT molecular complexity index is 732. The topological polar surface area (TPSA) is 65.2 Å². The Balaban J connectivity index is 1.97. The molecule has 1 aromatic heterocycles. The number of rotatable bonds is 4. The van der Waals surface area contributed by atoms with Crippen molar-refractivity contribution < 1.29 is 4.79 Å². The molecule has 0 aliphatic carbocycles. The summed E-state index contributed by atoms with van der Waals surface area (Å²) in [4.78, 5) is 29.6.